The molecule has 1 aromatic rings. The number of hydrogen-bond donors (Lipinski definition) is 1. The van der Waals surface area contributed by atoms with Crippen LogP contribution < -0.4 is 10.1 Å². The highest BCUT2D eigenvalue weighted by molar-refractivity contribution is 5.36. The van der Waals surface area contributed by atoms with Crippen LogP contribution in [-0.2, 0) is 0 Å². The third kappa shape index (κ3) is 2.96. The van der Waals surface area contributed by atoms with Gasteiger partial charge in [-0.3, -0.25) is 0 Å². The predicted molar refractivity (Wildman–Crippen MR) is 64.5 cm³/mol. The van der Waals surface area contributed by atoms with E-state index in [4.69, 9.17) is 4.74 Å². The number of methoxy groups -OCH3 is 1. The molecular formula is C13H21NO. The fourth-order valence-corrected chi connectivity index (χ4v) is 1.85. The van der Waals surface area contributed by atoms with Crippen molar-refractivity contribution in [1.29, 1.82) is 0 Å². The summed E-state index contributed by atoms with van der Waals surface area (Å²) >= 11 is 0. The van der Waals surface area contributed by atoms with E-state index in [1.54, 1.807) is 7.11 Å². The summed E-state index contributed by atoms with van der Waals surface area (Å²) in [4.78, 5) is 0. The van der Waals surface area contributed by atoms with E-state index in [0.717, 1.165) is 12.3 Å². The van der Waals surface area contributed by atoms with Gasteiger partial charge in [0.15, 0.2) is 0 Å². The van der Waals surface area contributed by atoms with Crippen molar-refractivity contribution < 1.29 is 4.74 Å². The van der Waals surface area contributed by atoms with Crippen LogP contribution in [0.15, 0.2) is 24.3 Å². The van der Waals surface area contributed by atoms with Gasteiger partial charge < -0.3 is 10.1 Å². The maximum Gasteiger partial charge on any atom is 0.122 e. The molecule has 2 atom stereocenters. The topological polar surface area (TPSA) is 21.3 Å². The summed E-state index contributed by atoms with van der Waals surface area (Å²) in [5, 5.41) is 3.21. The average Bonchev–Trinajstić information content (AvgIpc) is 2.28. The third-order valence-corrected chi connectivity index (χ3v) is 3.01. The molecule has 2 heteroatoms. The lowest BCUT2D eigenvalue weighted by atomic mass is 9.88. The van der Waals surface area contributed by atoms with E-state index in [-0.39, 0.29) is 0 Å². The molecule has 0 aliphatic carbocycles. The van der Waals surface area contributed by atoms with Crippen molar-refractivity contribution in [3.05, 3.63) is 29.8 Å². The fraction of sp³-hybridized carbons (Fsp3) is 0.538. The number of ether oxygens (including phenoxy) is 1. The van der Waals surface area contributed by atoms with Crippen molar-refractivity contribution in [3.8, 4) is 5.75 Å². The molecule has 0 saturated carbocycles. The van der Waals surface area contributed by atoms with E-state index in [1.807, 2.05) is 19.2 Å². The molecule has 2 unspecified atom stereocenters. The molecule has 15 heavy (non-hydrogen) atoms. The highest BCUT2D eigenvalue weighted by Gasteiger charge is 2.16. The van der Waals surface area contributed by atoms with Gasteiger partial charge in [-0.05, 0) is 37.1 Å². The van der Waals surface area contributed by atoms with Gasteiger partial charge in [-0.25, -0.2) is 0 Å². The van der Waals surface area contributed by atoms with Crippen LogP contribution in [0.3, 0.4) is 0 Å². The lowest BCUT2D eigenvalue weighted by Gasteiger charge is -2.21. The molecule has 0 aliphatic heterocycles. The lowest BCUT2D eigenvalue weighted by molar-refractivity contribution is 0.392. The maximum atomic E-state index is 5.37. The quantitative estimate of drug-likeness (QED) is 0.801. The summed E-state index contributed by atoms with van der Waals surface area (Å²) in [7, 11) is 3.72. The lowest BCUT2D eigenvalue weighted by Crippen LogP contribution is -2.21. The van der Waals surface area contributed by atoms with Crippen LogP contribution in [0.1, 0.15) is 25.3 Å². The van der Waals surface area contributed by atoms with Gasteiger partial charge in [0, 0.05) is 0 Å². The monoisotopic (exact) mass is 207 g/mol. The van der Waals surface area contributed by atoms with E-state index >= 15 is 0 Å². The fourth-order valence-electron chi connectivity index (χ4n) is 1.85. The van der Waals surface area contributed by atoms with E-state index < -0.39 is 0 Å². The first-order valence-electron chi connectivity index (χ1n) is 5.48. The zero-order chi connectivity index (χ0) is 11.3. The summed E-state index contributed by atoms with van der Waals surface area (Å²) in [5.74, 6) is 2.10. The molecule has 84 valence electrons. The van der Waals surface area contributed by atoms with Crippen LogP contribution in [0.25, 0.3) is 0 Å². The van der Waals surface area contributed by atoms with Gasteiger partial charge in [-0.1, -0.05) is 32.0 Å². The summed E-state index contributed by atoms with van der Waals surface area (Å²) in [6, 6.07) is 8.26. The summed E-state index contributed by atoms with van der Waals surface area (Å²) in [6.07, 6.45) is 0. The second-order valence-corrected chi connectivity index (χ2v) is 4.07. The minimum atomic E-state index is 0.508. The Hall–Kier alpha value is -1.02. The van der Waals surface area contributed by atoms with E-state index in [2.05, 4.69) is 31.3 Å². The molecule has 2 nitrogen and oxygen atoms in total. The first kappa shape index (κ1) is 12.1. The Bertz CT molecular complexity index is 298. The van der Waals surface area contributed by atoms with Crippen molar-refractivity contribution in [2.45, 2.75) is 19.8 Å². The molecular weight excluding hydrogens is 186 g/mol. The molecule has 0 fully saturated rings. The van der Waals surface area contributed by atoms with Gasteiger partial charge in [-0.15, -0.1) is 0 Å². The molecule has 1 rings (SSSR count). The molecule has 0 spiro atoms. The highest BCUT2D eigenvalue weighted by Crippen LogP contribution is 2.30. The Labute approximate surface area is 92.6 Å². The van der Waals surface area contributed by atoms with Gasteiger partial charge in [-0.2, -0.15) is 0 Å². The Morgan fingerprint density at radius 3 is 2.53 bits per heavy atom. The Balaban J connectivity index is 2.84. The van der Waals surface area contributed by atoms with Gasteiger partial charge in [0.25, 0.3) is 0 Å². The van der Waals surface area contributed by atoms with Crippen LogP contribution in [0.4, 0.5) is 0 Å². The largest absolute Gasteiger partial charge is 0.496 e. The van der Waals surface area contributed by atoms with Crippen LogP contribution in [0.2, 0.25) is 0 Å². The number of para-hydroxylation sites is 1. The standard InChI is InChI=1S/C13H21NO/c1-10(9-14-3)11(2)12-7-5-6-8-13(12)15-4/h5-8,10-11,14H,9H2,1-4H3. The SMILES string of the molecule is CNCC(C)C(C)c1ccccc1OC. The van der Waals surface area contributed by atoms with Crippen molar-refractivity contribution in [3.63, 3.8) is 0 Å². The number of rotatable bonds is 5. The zero-order valence-electron chi connectivity index (χ0n) is 10.1. The van der Waals surface area contributed by atoms with Crippen molar-refractivity contribution >= 4 is 0 Å². The molecule has 0 aromatic heterocycles. The van der Waals surface area contributed by atoms with E-state index in [1.165, 1.54) is 5.56 Å². The Morgan fingerprint density at radius 1 is 1.27 bits per heavy atom. The minimum Gasteiger partial charge on any atom is -0.496 e. The second-order valence-electron chi connectivity index (χ2n) is 4.07. The first-order chi connectivity index (χ1) is 7.20. The van der Waals surface area contributed by atoms with Crippen molar-refractivity contribution in [2.75, 3.05) is 20.7 Å². The van der Waals surface area contributed by atoms with E-state index in [0.29, 0.717) is 11.8 Å². The minimum absolute atomic E-state index is 0.508. The molecule has 0 radical (unpaired) electrons. The van der Waals surface area contributed by atoms with Crippen LogP contribution >= 0.6 is 0 Å². The van der Waals surface area contributed by atoms with Crippen LogP contribution in [-0.4, -0.2) is 20.7 Å². The number of nitrogens with one attached hydrogen (secondary N) is 1. The molecule has 0 amide bonds. The number of benzene rings is 1. The van der Waals surface area contributed by atoms with Gasteiger partial charge in [0.1, 0.15) is 5.75 Å². The third-order valence-electron chi connectivity index (χ3n) is 3.01. The second kappa shape index (κ2) is 5.76. The molecule has 0 heterocycles. The smallest absolute Gasteiger partial charge is 0.122 e. The van der Waals surface area contributed by atoms with Crippen molar-refractivity contribution in [2.24, 2.45) is 5.92 Å². The zero-order valence-corrected chi connectivity index (χ0v) is 10.1. The number of hydrogen-bond acceptors (Lipinski definition) is 2. The van der Waals surface area contributed by atoms with Crippen molar-refractivity contribution in [1.82, 2.24) is 5.32 Å². The molecule has 0 aliphatic rings. The normalized spacial score (nSPS) is 14.7. The summed E-state index contributed by atoms with van der Waals surface area (Å²) in [5.41, 5.74) is 1.29. The van der Waals surface area contributed by atoms with Crippen LogP contribution in [0.5, 0.6) is 5.75 Å². The maximum absolute atomic E-state index is 5.37. The van der Waals surface area contributed by atoms with Gasteiger partial charge in [0.05, 0.1) is 7.11 Å². The average molecular weight is 207 g/mol. The molecule has 0 saturated heterocycles. The molecule has 0 bridgehead atoms. The molecule has 1 aromatic carbocycles. The Morgan fingerprint density at radius 2 is 1.93 bits per heavy atom. The molecule has 1 N–H and O–H groups in total. The predicted octanol–water partition coefficient (Wildman–Crippen LogP) is 2.65. The van der Waals surface area contributed by atoms with Crippen LogP contribution in [0, 0.1) is 5.92 Å². The first-order valence-corrected chi connectivity index (χ1v) is 5.48. The summed E-state index contributed by atoms with van der Waals surface area (Å²) in [6.45, 7) is 5.53. The highest BCUT2D eigenvalue weighted by atomic mass is 16.5. The van der Waals surface area contributed by atoms with Gasteiger partial charge >= 0.3 is 0 Å². The van der Waals surface area contributed by atoms with Gasteiger partial charge in [0.2, 0.25) is 0 Å². The Kier molecular flexibility index (Phi) is 4.63. The van der Waals surface area contributed by atoms with E-state index in [9.17, 15) is 0 Å². The summed E-state index contributed by atoms with van der Waals surface area (Å²) < 4.78 is 5.37.